The van der Waals surface area contributed by atoms with Crippen LogP contribution in [0.4, 0.5) is 4.79 Å². The van der Waals surface area contributed by atoms with Gasteiger partial charge in [-0.1, -0.05) is 30.3 Å². The molecule has 2 aromatic heterocycles. The van der Waals surface area contributed by atoms with E-state index in [-0.39, 0.29) is 11.9 Å². The van der Waals surface area contributed by atoms with E-state index in [4.69, 9.17) is 0 Å². The number of amides is 3. The quantitative estimate of drug-likeness (QED) is 0.548. The second kappa shape index (κ2) is 8.83. The zero-order chi connectivity index (χ0) is 22.8. The van der Waals surface area contributed by atoms with Crippen LogP contribution in [0.15, 0.2) is 73.2 Å². The molecular weight excluding hydrogens is 414 g/mol. The molecule has 0 saturated carbocycles. The van der Waals surface area contributed by atoms with Crippen LogP contribution < -0.4 is 0 Å². The van der Waals surface area contributed by atoms with Crippen LogP contribution in [0, 0.1) is 0 Å². The lowest BCUT2D eigenvalue weighted by Gasteiger charge is -2.40. The fourth-order valence-corrected chi connectivity index (χ4v) is 5.08. The number of imide groups is 1. The molecule has 3 aromatic rings. The Balaban J connectivity index is 1.24. The van der Waals surface area contributed by atoms with Crippen LogP contribution in [0.1, 0.15) is 24.1 Å². The van der Waals surface area contributed by atoms with Gasteiger partial charge in [0.15, 0.2) is 0 Å². The lowest BCUT2D eigenvalue weighted by molar-refractivity contribution is -0.135. The topological polar surface area (TPSA) is 61.7 Å². The molecule has 1 aromatic carbocycles. The van der Waals surface area contributed by atoms with Crippen molar-refractivity contribution in [3.05, 3.63) is 84.4 Å². The second-order valence-corrected chi connectivity index (χ2v) is 8.92. The fraction of sp³-hybridized carbons (Fsp3) is 0.346. The number of carbonyl (C=O) groups excluding carboxylic acids is 2. The zero-order valence-corrected chi connectivity index (χ0v) is 18.9. The maximum atomic E-state index is 13.4. The number of likely N-dealkylation sites (tertiary alicyclic amines) is 1. The average Bonchev–Trinajstić information content (AvgIpc) is 3.39. The normalized spacial score (nSPS) is 18.5. The van der Waals surface area contributed by atoms with Crippen molar-refractivity contribution >= 4 is 11.9 Å². The van der Waals surface area contributed by atoms with Crippen molar-refractivity contribution < 1.29 is 9.59 Å². The van der Waals surface area contributed by atoms with Gasteiger partial charge in [0.25, 0.3) is 5.91 Å². The van der Waals surface area contributed by atoms with Crippen LogP contribution in [-0.4, -0.2) is 68.4 Å². The van der Waals surface area contributed by atoms with Gasteiger partial charge in [0, 0.05) is 51.3 Å². The van der Waals surface area contributed by atoms with E-state index in [0.29, 0.717) is 25.8 Å². The first-order valence-corrected chi connectivity index (χ1v) is 11.5. The van der Waals surface area contributed by atoms with Crippen molar-refractivity contribution in [2.75, 3.05) is 26.7 Å². The first-order valence-electron chi connectivity index (χ1n) is 11.5. The largest absolute Gasteiger partial charge is 0.327 e. The summed E-state index contributed by atoms with van der Waals surface area (Å²) in [7, 11) is 1.78. The molecule has 7 heteroatoms. The van der Waals surface area contributed by atoms with Crippen molar-refractivity contribution in [1.82, 2.24) is 24.3 Å². The number of benzene rings is 1. The molecule has 170 valence electrons. The van der Waals surface area contributed by atoms with E-state index >= 15 is 0 Å². The number of urea groups is 1. The number of aromatic nitrogens is 2. The number of rotatable bonds is 6. The molecule has 7 nitrogen and oxygen atoms in total. The maximum Gasteiger partial charge on any atom is 0.327 e. The molecule has 0 atom stereocenters. The van der Waals surface area contributed by atoms with Crippen molar-refractivity contribution in [2.24, 2.45) is 0 Å². The molecule has 2 saturated heterocycles. The average molecular weight is 444 g/mol. The highest BCUT2D eigenvalue weighted by atomic mass is 16.2. The van der Waals surface area contributed by atoms with Crippen molar-refractivity contribution in [3.8, 4) is 5.69 Å². The molecule has 0 radical (unpaired) electrons. The highest BCUT2D eigenvalue weighted by Gasteiger charge is 2.56. The number of pyridine rings is 1. The minimum atomic E-state index is -0.713. The van der Waals surface area contributed by atoms with Gasteiger partial charge in [-0.3, -0.25) is 19.6 Å². The Labute approximate surface area is 194 Å². The van der Waals surface area contributed by atoms with Crippen molar-refractivity contribution in [2.45, 2.75) is 31.3 Å². The summed E-state index contributed by atoms with van der Waals surface area (Å²) in [6, 6.07) is 18.0. The highest BCUT2D eigenvalue weighted by Crippen LogP contribution is 2.36. The number of hydrogen-bond donors (Lipinski definition) is 0. The van der Waals surface area contributed by atoms with E-state index in [1.807, 2.05) is 54.7 Å². The summed E-state index contributed by atoms with van der Waals surface area (Å²) in [5.41, 5.74) is 2.64. The zero-order valence-electron chi connectivity index (χ0n) is 18.9. The minimum Gasteiger partial charge on any atom is -0.318 e. The summed E-state index contributed by atoms with van der Waals surface area (Å²) < 4.78 is 2.15. The van der Waals surface area contributed by atoms with Crippen LogP contribution in [0.2, 0.25) is 0 Å². The summed E-state index contributed by atoms with van der Waals surface area (Å²) >= 11 is 0. The number of nitrogens with zero attached hydrogens (tertiary/aromatic N) is 5. The van der Waals surface area contributed by atoms with Crippen LogP contribution in [-0.2, 0) is 17.8 Å². The summed E-state index contributed by atoms with van der Waals surface area (Å²) in [6.07, 6.45) is 7.68. The Kier molecular flexibility index (Phi) is 5.72. The first-order chi connectivity index (χ1) is 16.1. The lowest BCUT2D eigenvalue weighted by Crippen LogP contribution is -2.55. The van der Waals surface area contributed by atoms with Gasteiger partial charge in [-0.15, -0.1) is 0 Å². The maximum absolute atomic E-state index is 13.4. The third kappa shape index (κ3) is 3.93. The lowest BCUT2D eigenvalue weighted by atomic mass is 9.86. The molecule has 0 aliphatic carbocycles. The predicted molar refractivity (Wildman–Crippen MR) is 126 cm³/mol. The number of carbonyl (C=O) groups is 2. The van der Waals surface area contributed by atoms with E-state index in [1.165, 1.54) is 10.6 Å². The first kappa shape index (κ1) is 21.4. The third-order valence-electron chi connectivity index (χ3n) is 7.10. The third-order valence-corrected chi connectivity index (χ3v) is 7.10. The molecule has 2 aliphatic rings. The van der Waals surface area contributed by atoms with E-state index in [9.17, 15) is 9.59 Å². The Hall–Kier alpha value is -3.45. The van der Waals surface area contributed by atoms with Gasteiger partial charge >= 0.3 is 6.03 Å². The van der Waals surface area contributed by atoms with Gasteiger partial charge in [0.05, 0.1) is 11.9 Å². The Bertz CT molecular complexity index is 1120. The number of likely N-dealkylation sites (N-methyl/N-ethyl adjacent to an activating group) is 1. The smallest absolute Gasteiger partial charge is 0.318 e. The molecule has 33 heavy (non-hydrogen) atoms. The summed E-state index contributed by atoms with van der Waals surface area (Å²) in [5.74, 6) is -0.0377. The van der Waals surface area contributed by atoms with E-state index < -0.39 is 5.54 Å². The van der Waals surface area contributed by atoms with E-state index in [2.05, 4.69) is 26.7 Å². The van der Waals surface area contributed by atoms with Gasteiger partial charge in [0.1, 0.15) is 5.54 Å². The summed E-state index contributed by atoms with van der Waals surface area (Å²) in [4.78, 5) is 36.1. The van der Waals surface area contributed by atoms with E-state index in [0.717, 1.165) is 30.9 Å². The number of piperidine rings is 1. The van der Waals surface area contributed by atoms with Crippen molar-refractivity contribution in [1.29, 1.82) is 0 Å². The molecule has 5 rings (SSSR count). The molecule has 0 bridgehead atoms. The van der Waals surface area contributed by atoms with Crippen LogP contribution >= 0.6 is 0 Å². The van der Waals surface area contributed by atoms with Gasteiger partial charge in [-0.25, -0.2) is 4.79 Å². The van der Waals surface area contributed by atoms with Crippen molar-refractivity contribution in [3.63, 3.8) is 0 Å². The summed E-state index contributed by atoms with van der Waals surface area (Å²) in [5, 5.41) is 0. The van der Waals surface area contributed by atoms with Crippen LogP contribution in [0.25, 0.3) is 5.69 Å². The molecule has 2 fully saturated rings. The second-order valence-electron chi connectivity index (χ2n) is 8.92. The fourth-order valence-electron chi connectivity index (χ4n) is 5.08. The van der Waals surface area contributed by atoms with Gasteiger partial charge in [0.2, 0.25) is 0 Å². The molecule has 2 aliphatic heterocycles. The molecule has 4 heterocycles. The minimum absolute atomic E-state index is 0.0377. The monoisotopic (exact) mass is 443 g/mol. The summed E-state index contributed by atoms with van der Waals surface area (Å²) in [6.45, 7) is 2.76. The van der Waals surface area contributed by atoms with Crippen LogP contribution in [0.5, 0.6) is 0 Å². The SMILES string of the molecule is CN1C(=O)N(CCc2ccccc2)C(=O)C12CCN(Cc1cccn1-c1cccnc1)CC2. The molecular formula is C26H29N5O2. The molecule has 1 spiro atoms. The Morgan fingerprint density at radius 2 is 1.76 bits per heavy atom. The molecule has 0 N–H and O–H groups in total. The van der Waals surface area contributed by atoms with Gasteiger partial charge < -0.3 is 9.47 Å². The predicted octanol–water partition coefficient (Wildman–Crippen LogP) is 3.34. The Morgan fingerprint density at radius 3 is 2.48 bits per heavy atom. The number of hydrogen-bond acceptors (Lipinski definition) is 4. The Morgan fingerprint density at radius 1 is 0.970 bits per heavy atom. The van der Waals surface area contributed by atoms with Gasteiger partial charge in [-0.2, -0.15) is 0 Å². The standard InChI is InChI=1S/C26H29N5O2/c1-28-25(33)31(16-11-21-7-3-2-4-8-21)24(32)26(28)12-17-29(18-13-26)20-23-10-6-15-30(23)22-9-5-14-27-19-22/h2-10,14-15,19H,11-13,16-18,20H2,1H3. The highest BCUT2D eigenvalue weighted by molar-refractivity contribution is 6.07. The van der Waals surface area contributed by atoms with Gasteiger partial charge in [-0.05, 0) is 49.1 Å². The molecule has 3 amide bonds. The molecule has 0 unspecified atom stereocenters. The van der Waals surface area contributed by atoms with E-state index in [1.54, 1.807) is 18.1 Å². The van der Waals surface area contributed by atoms with Crippen LogP contribution in [0.3, 0.4) is 0 Å².